The Kier molecular flexibility index (Phi) is 4.66. The number of nitrogens with one attached hydrogen (secondary N) is 1. The lowest BCUT2D eigenvalue weighted by Crippen LogP contribution is -2.36. The molecule has 2 aliphatic rings. The molecule has 25 heavy (non-hydrogen) atoms. The molecule has 1 fully saturated rings. The minimum atomic E-state index is -0.187. The predicted molar refractivity (Wildman–Crippen MR) is 94.9 cm³/mol. The monoisotopic (exact) mass is 341 g/mol. The quantitative estimate of drug-likeness (QED) is 0.929. The SMILES string of the molecule is O=c1[nH]c(C2CCCCC2)nc2c1CN(Cc1ccccc1F)CC2. The van der Waals surface area contributed by atoms with E-state index in [9.17, 15) is 9.18 Å². The number of rotatable bonds is 3. The first-order valence-electron chi connectivity index (χ1n) is 9.28. The fourth-order valence-corrected chi connectivity index (χ4v) is 4.07. The zero-order chi connectivity index (χ0) is 17.2. The van der Waals surface area contributed by atoms with Gasteiger partial charge in [-0.25, -0.2) is 9.37 Å². The largest absolute Gasteiger partial charge is 0.310 e. The zero-order valence-corrected chi connectivity index (χ0v) is 14.4. The smallest absolute Gasteiger partial charge is 0.255 e. The van der Waals surface area contributed by atoms with Gasteiger partial charge in [0.15, 0.2) is 0 Å². The summed E-state index contributed by atoms with van der Waals surface area (Å²) in [5, 5.41) is 0. The first-order chi connectivity index (χ1) is 12.2. The van der Waals surface area contributed by atoms with E-state index in [-0.39, 0.29) is 11.4 Å². The van der Waals surface area contributed by atoms with E-state index in [2.05, 4.69) is 9.88 Å². The van der Waals surface area contributed by atoms with Crippen LogP contribution in [0.15, 0.2) is 29.1 Å². The molecule has 4 rings (SSSR count). The molecule has 1 aromatic carbocycles. The molecule has 1 saturated carbocycles. The first kappa shape index (κ1) is 16.5. The minimum absolute atomic E-state index is 0.0104. The summed E-state index contributed by atoms with van der Waals surface area (Å²) >= 11 is 0. The lowest BCUT2D eigenvalue weighted by Gasteiger charge is -2.29. The Morgan fingerprint density at radius 1 is 1.20 bits per heavy atom. The van der Waals surface area contributed by atoms with Gasteiger partial charge >= 0.3 is 0 Å². The van der Waals surface area contributed by atoms with Gasteiger partial charge in [-0.1, -0.05) is 37.5 Å². The summed E-state index contributed by atoms with van der Waals surface area (Å²) in [4.78, 5) is 22.6. The van der Waals surface area contributed by atoms with E-state index in [1.54, 1.807) is 12.1 Å². The third-order valence-electron chi connectivity index (χ3n) is 5.51. The highest BCUT2D eigenvalue weighted by Gasteiger charge is 2.24. The van der Waals surface area contributed by atoms with Crippen molar-refractivity contribution in [3.8, 4) is 0 Å². The molecule has 0 amide bonds. The third-order valence-corrected chi connectivity index (χ3v) is 5.51. The zero-order valence-electron chi connectivity index (χ0n) is 14.4. The molecule has 1 aliphatic heterocycles. The Hall–Kier alpha value is -2.01. The molecule has 2 aromatic rings. The van der Waals surface area contributed by atoms with Crippen molar-refractivity contribution in [1.29, 1.82) is 0 Å². The van der Waals surface area contributed by atoms with Gasteiger partial charge in [0, 0.05) is 37.5 Å². The molecule has 0 bridgehead atoms. The van der Waals surface area contributed by atoms with Gasteiger partial charge in [-0.2, -0.15) is 0 Å². The summed E-state index contributed by atoms with van der Waals surface area (Å²) in [7, 11) is 0. The van der Waals surface area contributed by atoms with Crippen molar-refractivity contribution in [2.45, 2.75) is 57.5 Å². The summed E-state index contributed by atoms with van der Waals surface area (Å²) in [6, 6.07) is 6.84. The second-order valence-electron chi connectivity index (χ2n) is 7.26. The van der Waals surface area contributed by atoms with Crippen molar-refractivity contribution in [3.05, 3.63) is 63.1 Å². The van der Waals surface area contributed by atoms with Crippen molar-refractivity contribution in [3.63, 3.8) is 0 Å². The van der Waals surface area contributed by atoms with E-state index < -0.39 is 0 Å². The Labute approximate surface area is 147 Å². The predicted octanol–water partition coefficient (Wildman–Crippen LogP) is 3.52. The third kappa shape index (κ3) is 3.52. The van der Waals surface area contributed by atoms with Crippen LogP contribution in [0.25, 0.3) is 0 Å². The molecular weight excluding hydrogens is 317 g/mol. The van der Waals surface area contributed by atoms with E-state index in [0.717, 1.165) is 42.9 Å². The van der Waals surface area contributed by atoms with Gasteiger partial charge in [0.1, 0.15) is 11.6 Å². The summed E-state index contributed by atoms with van der Waals surface area (Å²) in [5.41, 5.74) is 2.36. The average Bonchev–Trinajstić information content (AvgIpc) is 2.65. The van der Waals surface area contributed by atoms with Crippen LogP contribution in [0.3, 0.4) is 0 Å². The van der Waals surface area contributed by atoms with Crippen molar-refractivity contribution >= 4 is 0 Å². The van der Waals surface area contributed by atoms with Crippen LogP contribution in [0.4, 0.5) is 4.39 Å². The number of fused-ring (bicyclic) bond motifs is 1. The fourth-order valence-electron chi connectivity index (χ4n) is 4.07. The number of benzene rings is 1. The maximum absolute atomic E-state index is 13.9. The summed E-state index contributed by atoms with van der Waals surface area (Å²) in [5.74, 6) is 1.10. The number of aromatic amines is 1. The Balaban J connectivity index is 1.53. The number of hydrogen-bond donors (Lipinski definition) is 1. The van der Waals surface area contributed by atoms with Crippen LogP contribution in [-0.2, 0) is 19.5 Å². The van der Waals surface area contributed by atoms with E-state index in [0.29, 0.717) is 24.6 Å². The Morgan fingerprint density at radius 2 is 2.00 bits per heavy atom. The van der Waals surface area contributed by atoms with Crippen molar-refractivity contribution in [1.82, 2.24) is 14.9 Å². The van der Waals surface area contributed by atoms with E-state index >= 15 is 0 Å². The van der Waals surface area contributed by atoms with Crippen LogP contribution in [0.5, 0.6) is 0 Å². The van der Waals surface area contributed by atoms with Crippen LogP contribution in [-0.4, -0.2) is 21.4 Å². The van der Waals surface area contributed by atoms with Gasteiger partial charge in [0.2, 0.25) is 0 Å². The van der Waals surface area contributed by atoms with Gasteiger partial charge in [-0.3, -0.25) is 9.69 Å². The number of hydrogen-bond acceptors (Lipinski definition) is 3. The van der Waals surface area contributed by atoms with Crippen molar-refractivity contribution < 1.29 is 4.39 Å². The Morgan fingerprint density at radius 3 is 2.80 bits per heavy atom. The highest BCUT2D eigenvalue weighted by Crippen LogP contribution is 2.30. The second-order valence-corrected chi connectivity index (χ2v) is 7.26. The van der Waals surface area contributed by atoms with Gasteiger partial charge in [0.05, 0.1) is 11.3 Å². The lowest BCUT2D eigenvalue weighted by atomic mass is 9.88. The fraction of sp³-hybridized carbons (Fsp3) is 0.500. The van der Waals surface area contributed by atoms with Crippen LogP contribution in [0.1, 0.15) is 60.7 Å². The normalized spacial score (nSPS) is 18.9. The van der Waals surface area contributed by atoms with Crippen molar-refractivity contribution in [2.24, 2.45) is 0 Å². The maximum Gasteiger partial charge on any atom is 0.255 e. The first-order valence-corrected chi connectivity index (χ1v) is 9.28. The molecule has 1 aromatic heterocycles. The highest BCUT2D eigenvalue weighted by molar-refractivity contribution is 5.23. The van der Waals surface area contributed by atoms with Gasteiger partial charge in [0.25, 0.3) is 5.56 Å². The maximum atomic E-state index is 13.9. The molecule has 1 N–H and O–H groups in total. The van der Waals surface area contributed by atoms with E-state index in [1.807, 2.05) is 6.07 Å². The molecule has 132 valence electrons. The molecule has 1 aliphatic carbocycles. The van der Waals surface area contributed by atoms with E-state index in [1.165, 1.54) is 25.3 Å². The molecule has 0 atom stereocenters. The molecule has 0 saturated heterocycles. The number of nitrogens with zero attached hydrogens (tertiary/aromatic N) is 2. The molecular formula is C20H24FN3O. The lowest BCUT2D eigenvalue weighted by molar-refractivity contribution is 0.238. The molecule has 4 nitrogen and oxygen atoms in total. The van der Waals surface area contributed by atoms with Gasteiger partial charge < -0.3 is 4.98 Å². The molecule has 0 unspecified atom stereocenters. The molecule has 0 spiro atoms. The highest BCUT2D eigenvalue weighted by atomic mass is 19.1. The van der Waals surface area contributed by atoms with Gasteiger partial charge in [-0.05, 0) is 18.9 Å². The topological polar surface area (TPSA) is 49.0 Å². The number of aromatic nitrogens is 2. The Bertz CT molecular complexity index is 811. The molecule has 5 heteroatoms. The molecule has 2 heterocycles. The molecule has 0 radical (unpaired) electrons. The summed E-state index contributed by atoms with van der Waals surface area (Å²) < 4.78 is 13.9. The average molecular weight is 341 g/mol. The van der Waals surface area contributed by atoms with Crippen molar-refractivity contribution in [2.75, 3.05) is 6.54 Å². The summed E-state index contributed by atoms with van der Waals surface area (Å²) in [6.45, 7) is 1.87. The van der Waals surface area contributed by atoms with Crippen LogP contribution in [0.2, 0.25) is 0 Å². The van der Waals surface area contributed by atoms with Crippen LogP contribution in [0, 0.1) is 5.82 Å². The summed E-state index contributed by atoms with van der Waals surface area (Å²) in [6.07, 6.45) is 6.75. The van der Waals surface area contributed by atoms with E-state index in [4.69, 9.17) is 4.98 Å². The van der Waals surface area contributed by atoms with Gasteiger partial charge in [-0.15, -0.1) is 0 Å². The minimum Gasteiger partial charge on any atom is -0.310 e. The van der Waals surface area contributed by atoms with Crippen LogP contribution >= 0.6 is 0 Å². The number of halogens is 1. The van der Waals surface area contributed by atoms with Crippen LogP contribution < -0.4 is 5.56 Å². The number of H-pyrrole nitrogens is 1. The second kappa shape index (κ2) is 7.08. The standard InChI is InChI=1S/C20H24FN3O/c21-17-9-5-4-8-15(17)12-24-11-10-18-16(13-24)20(25)23-19(22-18)14-6-2-1-3-7-14/h4-5,8-9,14H,1-3,6-7,10-13H2,(H,22,23,25).